The smallest absolute Gasteiger partial charge is 0.137 e. The van der Waals surface area contributed by atoms with E-state index >= 15 is 0 Å². The average molecular weight is 294 g/mol. The van der Waals surface area contributed by atoms with E-state index < -0.39 is 0 Å². The van der Waals surface area contributed by atoms with E-state index in [-0.39, 0.29) is 0 Å². The van der Waals surface area contributed by atoms with Crippen LogP contribution >= 0.6 is 0 Å². The molecule has 1 heterocycles. The number of Topliss-reactive ketones (excluding diaryl/α,β-unsaturated/α-hetero) is 1. The summed E-state index contributed by atoms with van der Waals surface area (Å²) in [5, 5.41) is 0. The van der Waals surface area contributed by atoms with Gasteiger partial charge in [-0.3, -0.25) is 4.79 Å². The van der Waals surface area contributed by atoms with Crippen LogP contribution < -0.4 is 0 Å². The number of carbonyl (C=O) groups is 1. The van der Waals surface area contributed by atoms with Crippen molar-refractivity contribution in [3.05, 3.63) is 0 Å². The van der Waals surface area contributed by atoms with Crippen LogP contribution in [0, 0.1) is 23.7 Å². The van der Waals surface area contributed by atoms with E-state index in [1.165, 1.54) is 32.5 Å². The Morgan fingerprint density at radius 1 is 1.19 bits per heavy atom. The molecule has 1 saturated heterocycles. The van der Waals surface area contributed by atoms with Crippen LogP contribution in [-0.4, -0.2) is 55.9 Å². The zero-order valence-electron chi connectivity index (χ0n) is 14.5. The highest BCUT2D eigenvalue weighted by Crippen LogP contribution is 2.32. The van der Waals surface area contributed by atoms with Gasteiger partial charge in [0.2, 0.25) is 0 Å². The van der Waals surface area contributed by atoms with Crippen LogP contribution in [0.4, 0.5) is 0 Å². The molecule has 0 N–H and O–H groups in total. The molecule has 0 aromatic carbocycles. The van der Waals surface area contributed by atoms with Crippen molar-refractivity contribution in [2.45, 2.75) is 46.0 Å². The Morgan fingerprint density at radius 2 is 1.86 bits per heavy atom. The van der Waals surface area contributed by atoms with Crippen molar-refractivity contribution in [1.82, 2.24) is 9.80 Å². The second-order valence-corrected chi connectivity index (χ2v) is 7.95. The van der Waals surface area contributed by atoms with E-state index in [9.17, 15) is 4.79 Å². The van der Waals surface area contributed by atoms with E-state index in [1.807, 2.05) is 0 Å². The maximum absolute atomic E-state index is 12.2. The second kappa shape index (κ2) is 7.73. The minimum absolute atomic E-state index is 0.316. The molecule has 2 unspecified atom stereocenters. The number of likely N-dealkylation sites (tertiary alicyclic amines) is 1. The molecule has 0 aromatic rings. The lowest BCUT2D eigenvalue weighted by Gasteiger charge is -2.37. The van der Waals surface area contributed by atoms with E-state index in [0.717, 1.165) is 43.6 Å². The minimum Gasteiger partial charge on any atom is -0.309 e. The molecule has 2 fully saturated rings. The lowest BCUT2D eigenvalue weighted by Crippen LogP contribution is -2.42. The third-order valence-electron chi connectivity index (χ3n) is 5.56. The molecule has 0 amide bonds. The van der Waals surface area contributed by atoms with Gasteiger partial charge in [-0.1, -0.05) is 13.8 Å². The molecule has 1 saturated carbocycles. The highest BCUT2D eigenvalue weighted by atomic mass is 16.1. The first kappa shape index (κ1) is 17.0. The molecule has 2 atom stereocenters. The van der Waals surface area contributed by atoms with E-state index in [4.69, 9.17) is 0 Å². The third-order valence-corrected chi connectivity index (χ3v) is 5.56. The fourth-order valence-corrected chi connectivity index (χ4v) is 4.11. The zero-order valence-corrected chi connectivity index (χ0v) is 14.5. The molecule has 2 aliphatic rings. The minimum atomic E-state index is 0.316. The maximum Gasteiger partial charge on any atom is 0.137 e. The van der Waals surface area contributed by atoms with Gasteiger partial charge in [0.1, 0.15) is 5.78 Å². The normalized spacial score (nSPS) is 29.5. The Labute approximate surface area is 131 Å². The number of ketones is 1. The molecule has 21 heavy (non-hydrogen) atoms. The number of hydrogen-bond donors (Lipinski definition) is 0. The van der Waals surface area contributed by atoms with Gasteiger partial charge in [-0.2, -0.15) is 0 Å². The molecule has 3 nitrogen and oxygen atoms in total. The molecule has 0 bridgehead atoms. The van der Waals surface area contributed by atoms with Gasteiger partial charge in [0.05, 0.1) is 0 Å². The summed E-state index contributed by atoms with van der Waals surface area (Å²) in [6.45, 7) is 9.24. The van der Waals surface area contributed by atoms with Crippen LogP contribution in [0.3, 0.4) is 0 Å². The molecule has 2 rings (SSSR count). The maximum atomic E-state index is 12.2. The summed E-state index contributed by atoms with van der Waals surface area (Å²) in [7, 11) is 4.33. The molecule has 1 aliphatic carbocycles. The number of nitrogens with zero attached hydrogens (tertiary/aromatic N) is 2. The first-order chi connectivity index (χ1) is 9.95. The predicted molar refractivity (Wildman–Crippen MR) is 88.4 cm³/mol. The fourth-order valence-electron chi connectivity index (χ4n) is 4.11. The summed E-state index contributed by atoms with van der Waals surface area (Å²) >= 11 is 0. The van der Waals surface area contributed by atoms with Crippen molar-refractivity contribution in [3.8, 4) is 0 Å². The third kappa shape index (κ3) is 5.07. The summed E-state index contributed by atoms with van der Waals surface area (Å²) in [6, 6.07) is 0. The van der Waals surface area contributed by atoms with Gasteiger partial charge in [0.15, 0.2) is 0 Å². The van der Waals surface area contributed by atoms with Crippen LogP contribution in [0.1, 0.15) is 46.0 Å². The molecule has 0 radical (unpaired) electrons. The van der Waals surface area contributed by atoms with Gasteiger partial charge in [0, 0.05) is 25.4 Å². The fraction of sp³-hybridized carbons (Fsp3) is 0.944. The van der Waals surface area contributed by atoms with Crippen molar-refractivity contribution in [3.63, 3.8) is 0 Å². The highest BCUT2D eigenvalue weighted by molar-refractivity contribution is 5.82. The molecule has 3 heteroatoms. The van der Waals surface area contributed by atoms with Gasteiger partial charge >= 0.3 is 0 Å². The van der Waals surface area contributed by atoms with E-state index in [0.29, 0.717) is 11.7 Å². The first-order valence-electron chi connectivity index (χ1n) is 8.85. The number of hydrogen-bond acceptors (Lipinski definition) is 3. The van der Waals surface area contributed by atoms with Gasteiger partial charge in [-0.25, -0.2) is 0 Å². The van der Waals surface area contributed by atoms with Crippen LogP contribution in [0.2, 0.25) is 0 Å². The van der Waals surface area contributed by atoms with Crippen molar-refractivity contribution < 1.29 is 4.79 Å². The number of rotatable bonds is 5. The second-order valence-electron chi connectivity index (χ2n) is 7.95. The van der Waals surface area contributed by atoms with Gasteiger partial charge in [0.25, 0.3) is 0 Å². The lowest BCUT2D eigenvalue weighted by atomic mass is 9.75. The zero-order chi connectivity index (χ0) is 15.4. The van der Waals surface area contributed by atoms with E-state index in [1.54, 1.807) is 0 Å². The Kier molecular flexibility index (Phi) is 6.24. The predicted octanol–water partition coefficient (Wildman–Crippen LogP) is 2.90. The summed E-state index contributed by atoms with van der Waals surface area (Å²) in [5.74, 6) is 3.19. The van der Waals surface area contributed by atoms with Crippen molar-refractivity contribution >= 4 is 5.78 Å². The summed E-state index contributed by atoms with van der Waals surface area (Å²) in [6.07, 6.45) is 5.68. The Bertz CT molecular complexity index is 332. The molecular weight excluding hydrogens is 260 g/mol. The summed E-state index contributed by atoms with van der Waals surface area (Å²) < 4.78 is 0. The van der Waals surface area contributed by atoms with Gasteiger partial charge in [-0.15, -0.1) is 0 Å². The van der Waals surface area contributed by atoms with Crippen LogP contribution in [0.15, 0.2) is 0 Å². The van der Waals surface area contributed by atoms with Gasteiger partial charge in [-0.05, 0) is 70.6 Å². The molecular formula is C18H34N2O. The Hall–Kier alpha value is -0.410. The van der Waals surface area contributed by atoms with Crippen molar-refractivity contribution in [2.75, 3.05) is 40.3 Å². The summed E-state index contributed by atoms with van der Waals surface area (Å²) in [5.41, 5.74) is 0. The largest absolute Gasteiger partial charge is 0.309 e. The highest BCUT2D eigenvalue weighted by Gasteiger charge is 2.32. The van der Waals surface area contributed by atoms with Gasteiger partial charge < -0.3 is 9.80 Å². The van der Waals surface area contributed by atoms with Crippen molar-refractivity contribution in [2.24, 2.45) is 23.7 Å². The van der Waals surface area contributed by atoms with Crippen LogP contribution in [0.5, 0.6) is 0 Å². The number of carbonyl (C=O) groups excluding carboxylic acids is 1. The molecule has 122 valence electrons. The molecule has 0 aromatic heterocycles. The lowest BCUT2D eigenvalue weighted by molar-refractivity contribution is -0.126. The van der Waals surface area contributed by atoms with E-state index in [2.05, 4.69) is 37.7 Å². The van der Waals surface area contributed by atoms with Crippen LogP contribution in [0.25, 0.3) is 0 Å². The number of piperidine rings is 1. The van der Waals surface area contributed by atoms with Crippen LogP contribution in [-0.2, 0) is 4.79 Å². The Morgan fingerprint density at radius 3 is 2.43 bits per heavy atom. The topological polar surface area (TPSA) is 23.6 Å². The SMILES string of the molecule is CC(C)C1CCC(=O)C(CN2CCC(CN(C)C)CC2)C1. The molecule has 1 aliphatic heterocycles. The Balaban J connectivity index is 1.78. The van der Waals surface area contributed by atoms with Crippen molar-refractivity contribution in [1.29, 1.82) is 0 Å². The average Bonchev–Trinajstić information content (AvgIpc) is 2.42. The molecule has 0 spiro atoms. The first-order valence-corrected chi connectivity index (χ1v) is 8.85. The monoisotopic (exact) mass is 294 g/mol. The quantitative estimate of drug-likeness (QED) is 0.779. The summed E-state index contributed by atoms with van der Waals surface area (Å²) in [4.78, 5) is 17.1. The standard InChI is InChI=1S/C18H34N2O/c1-14(2)16-5-6-18(21)17(11-16)13-20-9-7-15(8-10-20)12-19(3)4/h14-17H,5-13H2,1-4H3.